The molecular weight excluding hydrogens is 396 g/mol. The number of rotatable bonds is 6. The summed E-state index contributed by atoms with van der Waals surface area (Å²) < 4.78 is 10.6. The molecule has 0 aliphatic rings. The standard InChI is InChI=1S/C22H23ClO6/c1-5-10-28-20(26)13-6-8-15(18(11-13)21(27)29-22(2,3)4)17-12-14(23)7-9-16(17)19(24)25/h6-9,11-12H,5,10H2,1-4H3,(H,24,25). The number of hydrogen-bond acceptors (Lipinski definition) is 5. The van der Waals surface area contributed by atoms with Crippen LogP contribution in [-0.2, 0) is 9.47 Å². The Morgan fingerprint density at radius 2 is 1.66 bits per heavy atom. The average Bonchev–Trinajstić information content (AvgIpc) is 2.63. The van der Waals surface area contributed by atoms with Crippen molar-refractivity contribution in [1.82, 2.24) is 0 Å². The van der Waals surface area contributed by atoms with E-state index in [1.165, 1.54) is 36.4 Å². The van der Waals surface area contributed by atoms with E-state index in [2.05, 4.69) is 0 Å². The fourth-order valence-electron chi connectivity index (χ4n) is 2.61. The van der Waals surface area contributed by atoms with Crippen molar-refractivity contribution in [3.8, 4) is 11.1 Å². The number of carboxylic acid groups (broad SMARTS) is 1. The monoisotopic (exact) mass is 418 g/mol. The number of esters is 2. The molecule has 0 radical (unpaired) electrons. The molecule has 29 heavy (non-hydrogen) atoms. The lowest BCUT2D eigenvalue weighted by Gasteiger charge is -2.21. The van der Waals surface area contributed by atoms with Crippen LogP contribution in [0.3, 0.4) is 0 Å². The highest BCUT2D eigenvalue weighted by molar-refractivity contribution is 6.31. The summed E-state index contributed by atoms with van der Waals surface area (Å²) in [6, 6.07) is 8.62. The first-order chi connectivity index (χ1) is 13.5. The van der Waals surface area contributed by atoms with Crippen LogP contribution in [0.25, 0.3) is 11.1 Å². The molecule has 0 fully saturated rings. The van der Waals surface area contributed by atoms with E-state index in [9.17, 15) is 19.5 Å². The van der Waals surface area contributed by atoms with Gasteiger partial charge in [-0.05, 0) is 68.7 Å². The smallest absolute Gasteiger partial charge is 0.339 e. The SMILES string of the molecule is CCCOC(=O)c1ccc(-c2cc(Cl)ccc2C(=O)O)c(C(=O)OC(C)(C)C)c1. The third kappa shape index (κ3) is 5.81. The number of carbonyl (C=O) groups excluding carboxylic acids is 2. The Morgan fingerprint density at radius 3 is 2.24 bits per heavy atom. The van der Waals surface area contributed by atoms with Crippen LogP contribution in [0.2, 0.25) is 5.02 Å². The number of halogens is 1. The van der Waals surface area contributed by atoms with Crippen LogP contribution in [0.15, 0.2) is 36.4 Å². The number of aromatic carboxylic acids is 1. The highest BCUT2D eigenvalue weighted by atomic mass is 35.5. The second-order valence-electron chi connectivity index (χ2n) is 7.39. The van der Waals surface area contributed by atoms with Crippen molar-refractivity contribution in [2.75, 3.05) is 6.61 Å². The summed E-state index contributed by atoms with van der Waals surface area (Å²) in [4.78, 5) is 36.8. The molecule has 0 aromatic heterocycles. The molecule has 0 unspecified atom stereocenters. The zero-order chi connectivity index (χ0) is 21.8. The first-order valence-corrected chi connectivity index (χ1v) is 9.49. The molecule has 0 amide bonds. The van der Waals surface area contributed by atoms with E-state index >= 15 is 0 Å². The molecule has 0 aliphatic carbocycles. The molecule has 0 saturated carbocycles. The van der Waals surface area contributed by atoms with Crippen molar-refractivity contribution in [2.45, 2.75) is 39.7 Å². The molecular formula is C22H23ClO6. The highest BCUT2D eigenvalue weighted by Gasteiger charge is 2.25. The molecule has 0 heterocycles. The zero-order valence-electron chi connectivity index (χ0n) is 16.7. The molecule has 6 nitrogen and oxygen atoms in total. The lowest BCUT2D eigenvalue weighted by Crippen LogP contribution is -2.24. The van der Waals surface area contributed by atoms with E-state index in [0.717, 1.165) is 0 Å². The highest BCUT2D eigenvalue weighted by Crippen LogP contribution is 2.32. The van der Waals surface area contributed by atoms with Gasteiger partial charge in [0.1, 0.15) is 5.60 Å². The number of carboxylic acids is 1. The third-order valence-electron chi connectivity index (χ3n) is 3.81. The van der Waals surface area contributed by atoms with Crippen LogP contribution in [0, 0.1) is 0 Å². The number of hydrogen-bond donors (Lipinski definition) is 1. The predicted octanol–water partition coefficient (Wildman–Crippen LogP) is 5.23. The molecule has 2 aromatic carbocycles. The van der Waals surface area contributed by atoms with Crippen LogP contribution < -0.4 is 0 Å². The van der Waals surface area contributed by atoms with Gasteiger partial charge in [0, 0.05) is 5.02 Å². The summed E-state index contributed by atoms with van der Waals surface area (Å²) >= 11 is 6.07. The fourth-order valence-corrected chi connectivity index (χ4v) is 2.78. The maximum atomic E-state index is 12.9. The molecule has 2 aromatic rings. The van der Waals surface area contributed by atoms with Crippen LogP contribution in [0.4, 0.5) is 0 Å². The van der Waals surface area contributed by atoms with Crippen LogP contribution in [-0.4, -0.2) is 35.2 Å². The zero-order valence-corrected chi connectivity index (χ0v) is 17.5. The minimum absolute atomic E-state index is 0.0273. The van der Waals surface area contributed by atoms with Gasteiger partial charge in [0.25, 0.3) is 0 Å². The summed E-state index contributed by atoms with van der Waals surface area (Å²) in [6.45, 7) is 7.26. The van der Waals surface area contributed by atoms with Gasteiger partial charge in [-0.25, -0.2) is 14.4 Å². The van der Waals surface area contributed by atoms with Crippen molar-refractivity contribution in [3.63, 3.8) is 0 Å². The Kier molecular flexibility index (Phi) is 7.03. The fraction of sp³-hybridized carbons (Fsp3) is 0.318. The topological polar surface area (TPSA) is 89.9 Å². The van der Waals surface area contributed by atoms with Gasteiger partial charge >= 0.3 is 17.9 Å². The summed E-state index contributed by atoms with van der Waals surface area (Å²) in [7, 11) is 0. The quantitative estimate of drug-likeness (QED) is 0.646. The first kappa shape index (κ1) is 22.4. The van der Waals surface area contributed by atoms with Gasteiger partial charge in [-0.3, -0.25) is 0 Å². The van der Waals surface area contributed by atoms with Crippen molar-refractivity contribution in [1.29, 1.82) is 0 Å². The van der Waals surface area contributed by atoms with Crippen molar-refractivity contribution >= 4 is 29.5 Å². The average molecular weight is 419 g/mol. The lowest BCUT2D eigenvalue weighted by molar-refractivity contribution is 0.00701. The van der Waals surface area contributed by atoms with Crippen LogP contribution in [0.1, 0.15) is 65.2 Å². The second kappa shape index (κ2) is 9.09. The van der Waals surface area contributed by atoms with Crippen LogP contribution >= 0.6 is 11.6 Å². The number of carbonyl (C=O) groups is 3. The summed E-state index contributed by atoms with van der Waals surface area (Å²) in [5.41, 5.74) is -0.0412. The molecule has 7 heteroatoms. The van der Waals surface area contributed by atoms with Gasteiger partial charge in [0.05, 0.1) is 23.3 Å². The lowest BCUT2D eigenvalue weighted by atomic mass is 9.93. The van der Waals surface area contributed by atoms with E-state index in [0.29, 0.717) is 17.0 Å². The molecule has 0 saturated heterocycles. The maximum Gasteiger partial charge on any atom is 0.339 e. The Morgan fingerprint density at radius 1 is 0.966 bits per heavy atom. The minimum Gasteiger partial charge on any atom is -0.478 e. The first-order valence-electron chi connectivity index (χ1n) is 9.11. The normalized spacial score (nSPS) is 11.1. The van der Waals surface area contributed by atoms with Gasteiger partial charge in [-0.15, -0.1) is 0 Å². The molecule has 1 N–H and O–H groups in total. The predicted molar refractivity (Wildman–Crippen MR) is 110 cm³/mol. The van der Waals surface area contributed by atoms with E-state index in [1.807, 2.05) is 6.92 Å². The van der Waals surface area contributed by atoms with Gasteiger partial charge in [-0.1, -0.05) is 24.6 Å². The molecule has 154 valence electrons. The van der Waals surface area contributed by atoms with E-state index in [4.69, 9.17) is 21.1 Å². The van der Waals surface area contributed by atoms with Gasteiger partial charge in [-0.2, -0.15) is 0 Å². The van der Waals surface area contributed by atoms with Gasteiger partial charge in [0.15, 0.2) is 0 Å². The van der Waals surface area contributed by atoms with Crippen molar-refractivity contribution in [2.24, 2.45) is 0 Å². The number of benzene rings is 2. The van der Waals surface area contributed by atoms with Gasteiger partial charge < -0.3 is 14.6 Å². The summed E-state index contributed by atoms with van der Waals surface area (Å²) in [5.74, 6) is -2.43. The Bertz CT molecular complexity index is 943. The molecule has 0 bridgehead atoms. The summed E-state index contributed by atoms with van der Waals surface area (Å²) in [5, 5.41) is 9.85. The molecule has 0 spiro atoms. The maximum absolute atomic E-state index is 12.9. The number of ether oxygens (including phenoxy) is 2. The van der Waals surface area contributed by atoms with E-state index in [1.54, 1.807) is 20.8 Å². The Hall–Kier alpha value is -2.86. The Balaban J connectivity index is 2.66. The molecule has 0 aliphatic heterocycles. The third-order valence-corrected chi connectivity index (χ3v) is 4.05. The van der Waals surface area contributed by atoms with Crippen molar-refractivity contribution in [3.05, 3.63) is 58.1 Å². The van der Waals surface area contributed by atoms with E-state index in [-0.39, 0.29) is 28.9 Å². The van der Waals surface area contributed by atoms with Gasteiger partial charge in [0.2, 0.25) is 0 Å². The molecule has 0 atom stereocenters. The Labute approximate surface area is 174 Å². The van der Waals surface area contributed by atoms with Crippen LogP contribution in [0.5, 0.6) is 0 Å². The van der Waals surface area contributed by atoms with Crippen molar-refractivity contribution < 1.29 is 29.0 Å². The largest absolute Gasteiger partial charge is 0.478 e. The second-order valence-corrected chi connectivity index (χ2v) is 7.83. The minimum atomic E-state index is -1.17. The molecule has 2 rings (SSSR count). The van der Waals surface area contributed by atoms with E-state index < -0.39 is 23.5 Å². The summed E-state index contributed by atoms with van der Waals surface area (Å²) in [6.07, 6.45) is 0.660.